The molecule has 2 atom stereocenters. The minimum absolute atomic E-state index is 0.0317. The average molecular weight is 1140 g/mol. The van der Waals surface area contributed by atoms with Crippen LogP contribution in [0.2, 0.25) is 0 Å². The average Bonchev–Trinajstić information content (AvgIpc) is 4.12. The third kappa shape index (κ3) is 8.45. The highest BCUT2D eigenvalue weighted by molar-refractivity contribution is 6.11. The SMILES string of the molecule is COc1c(O)c(O)c(-n2nc(C(N)=O)c3c2C(=O)N(c2ccc(N4C(=O)CCC(COc5c(C)c(O)c(-n6nc(C(N)=O)c7c6C(=O)N(c6ccc(N8C(=O)C(O)(O)CCC8(O)O)cc6)CC7)c(N)c5O)C4(C)O)cc2)CC3)c(O)c1O. The Morgan fingerprint density at radius 3 is 1.57 bits per heavy atom. The molecule has 6 amide bonds. The number of phenolic OH excluding ortho intramolecular Hbond substituents is 6. The molecule has 2 fully saturated rings. The van der Waals surface area contributed by atoms with E-state index < -0.39 is 141 Å². The van der Waals surface area contributed by atoms with Crippen LogP contribution < -0.4 is 46.3 Å². The van der Waals surface area contributed by atoms with Gasteiger partial charge < -0.3 is 92.6 Å². The number of nitrogen functional groups attached to an aromatic ring is 1. The van der Waals surface area contributed by atoms with Gasteiger partial charge in [-0.1, -0.05) is 0 Å². The lowest BCUT2D eigenvalue weighted by molar-refractivity contribution is -0.237. The molecular formula is C52H53N11O19. The van der Waals surface area contributed by atoms with Crippen LogP contribution in [-0.2, 0) is 22.4 Å². The van der Waals surface area contributed by atoms with Crippen LogP contribution in [0, 0.1) is 12.8 Å². The number of nitrogens with zero attached hydrogens (tertiary/aromatic N) is 8. The number of amides is 6. The number of anilines is 5. The molecule has 0 radical (unpaired) electrons. The molecule has 17 N–H and O–H groups in total. The van der Waals surface area contributed by atoms with Gasteiger partial charge in [0, 0.05) is 77.7 Å². The first-order valence-corrected chi connectivity index (χ1v) is 25.0. The van der Waals surface area contributed by atoms with Crippen molar-refractivity contribution < 1.29 is 94.4 Å². The van der Waals surface area contributed by atoms with Crippen LogP contribution in [0.5, 0.6) is 46.0 Å². The van der Waals surface area contributed by atoms with Crippen LogP contribution in [0.3, 0.4) is 0 Å². The highest BCUT2D eigenvalue weighted by Crippen LogP contribution is 2.54. The lowest BCUT2D eigenvalue weighted by Gasteiger charge is -2.46. The molecule has 430 valence electrons. The van der Waals surface area contributed by atoms with Crippen LogP contribution in [-0.4, -0.2) is 155 Å². The Morgan fingerprint density at radius 2 is 1.10 bits per heavy atom. The molecule has 2 saturated heterocycles. The second kappa shape index (κ2) is 19.4. The summed E-state index contributed by atoms with van der Waals surface area (Å²) in [5, 5.41) is 128. The van der Waals surface area contributed by atoms with Crippen LogP contribution in [0.15, 0.2) is 48.5 Å². The number of fused-ring (bicyclic) bond motifs is 2. The standard InChI is InChI=1S/C52H53N11O19/c1-21-37(65)35(62-33-27(31(56-62)45(54)71)14-18-58(47(33)73)24-7-11-26(12-8-24)61-49(75)51(77,78)16-17-52(61,79)80)30(53)38(66)43(21)82-20-22-4-13-29(64)60(50(22,2)76)25-9-5-23(6-10-25)59-19-15-28-32(46(55)72)57-63(34(28)48(59)74)36-39(67)41(69)44(81-3)42(70)40(36)68/h5-12,22,65-70,76-80H,4,13-20,53H2,1-3H3,(H2,54,71)(H2,55,72). The maximum absolute atomic E-state index is 14.5. The molecule has 10 rings (SSSR count). The maximum atomic E-state index is 14.5. The number of carbonyl (C=O) groups excluding carboxylic acids is 6. The fourth-order valence-corrected chi connectivity index (χ4v) is 10.9. The molecule has 4 aliphatic rings. The zero-order chi connectivity index (χ0) is 59.6. The van der Waals surface area contributed by atoms with Gasteiger partial charge in [-0.25, -0.2) is 9.36 Å². The van der Waals surface area contributed by atoms with Crippen molar-refractivity contribution in [3.63, 3.8) is 0 Å². The second-order valence-electron chi connectivity index (χ2n) is 20.1. The zero-order valence-electron chi connectivity index (χ0n) is 43.6. The Kier molecular flexibility index (Phi) is 13.1. The van der Waals surface area contributed by atoms with Crippen molar-refractivity contribution in [1.29, 1.82) is 0 Å². The van der Waals surface area contributed by atoms with E-state index in [-0.39, 0.29) is 101 Å². The fraction of sp³-hybridized carbons (Fsp3) is 0.308. The van der Waals surface area contributed by atoms with Gasteiger partial charge in [0.15, 0.2) is 40.1 Å². The van der Waals surface area contributed by atoms with E-state index in [0.717, 1.165) is 16.7 Å². The number of phenols is 6. The number of piperidine rings is 2. The number of aliphatic hydroxyl groups is 5. The van der Waals surface area contributed by atoms with Crippen LogP contribution in [0.1, 0.15) is 91.3 Å². The molecular weight excluding hydrogens is 1080 g/mol. The Labute approximate surface area is 461 Å². The van der Waals surface area contributed by atoms with Crippen molar-refractivity contribution >= 4 is 63.9 Å². The van der Waals surface area contributed by atoms with Crippen molar-refractivity contribution in [3.05, 3.63) is 88.0 Å². The summed E-state index contributed by atoms with van der Waals surface area (Å²) in [6.45, 7) is 2.17. The minimum atomic E-state index is -2.89. The molecule has 0 aliphatic carbocycles. The van der Waals surface area contributed by atoms with E-state index in [1.165, 1.54) is 72.2 Å². The van der Waals surface area contributed by atoms with Gasteiger partial charge in [0.2, 0.25) is 28.9 Å². The lowest BCUT2D eigenvalue weighted by atomic mass is 9.86. The van der Waals surface area contributed by atoms with E-state index in [0.29, 0.717) is 9.58 Å². The normalized spacial score (nSPS) is 19.5. The van der Waals surface area contributed by atoms with Crippen LogP contribution in [0.4, 0.5) is 28.4 Å². The molecule has 6 aromatic rings. The highest BCUT2D eigenvalue weighted by Gasteiger charge is 2.53. The summed E-state index contributed by atoms with van der Waals surface area (Å²) >= 11 is 0. The number of hydrogen-bond donors (Lipinski definition) is 14. The van der Waals surface area contributed by atoms with Gasteiger partial charge >= 0.3 is 0 Å². The predicted octanol–water partition coefficient (Wildman–Crippen LogP) is -0.229. The summed E-state index contributed by atoms with van der Waals surface area (Å²) in [5.41, 5.74) is 12.9. The third-order valence-corrected chi connectivity index (χ3v) is 15.3. The molecule has 0 saturated carbocycles. The number of aromatic hydroxyl groups is 6. The number of aromatic nitrogens is 4. The number of ether oxygens (including phenoxy) is 2. The van der Waals surface area contributed by atoms with Crippen LogP contribution >= 0.6 is 0 Å². The number of carbonyl (C=O) groups is 6. The molecule has 0 spiro atoms. The van der Waals surface area contributed by atoms with Crippen molar-refractivity contribution in [3.8, 4) is 57.4 Å². The lowest BCUT2D eigenvalue weighted by Crippen LogP contribution is -2.64. The summed E-state index contributed by atoms with van der Waals surface area (Å²) < 4.78 is 12.5. The Morgan fingerprint density at radius 1 is 0.634 bits per heavy atom. The summed E-state index contributed by atoms with van der Waals surface area (Å²) in [5.74, 6) is -18.9. The Balaban J connectivity index is 0.893. The fourth-order valence-electron chi connectivity index (χ4n) is 10.9. The molecule has 2 aromatic heterocycles. The first-order valence-electron chi connectivity index (χ1n) is 25.0. The molecule has 0 bridgehead atoms. The first-order chi connectivity index (χ1) is 38.5. The topological polar surface area (TPSA) is 470 Å². The number of rotatable bonds is 12. The number of benzene rings is 4. The van der Waals surface area contributed by atoms with Gasteiger partial charge in [-0.15, -0.1) is 0 Å². The second-order valence-corrected chi connectivity index (χ2v) is 20.1. The van der Waals surface area contributed by atoms with Crippen molar-refractivity contribution in [2.45, 2.75) is 69.8 Å². The zero-order valence-corrected chi connectivity index (χ0v) is 43.6. The van der Waals surface area contributed by atoms with Crippen molar-refractivity contribution in [2.24, 2.45) is 17.4 Å². The van der Waals surface area contributed by atoms with E-state index in [4.69, 9.17) is 26.7 Å². The Bertz CT molecular complexity index is 3680. The molecule has 6 heterocycles. The number of primary amides is 2. The summed E-state index contributed by atoms with van der Waals surface area (Å²) in [6, 6.07) is 10.9. The van der Waals surface area contributed by atoms with Gasteiger partial charge in [-0.3, -0.25) is 38.6 Å². The molecule has 4 aliphatic heterocycles. The first kappa shape index (κ1) is 55.4. The molecule has 30 nitrogen and oxygen atoms in total. The number of methoxy groups -OCH3 is 1. The minimum Gasteiger partial charge on any atom is -0.505 e. The molecule has 4 aromatic carbocycles. The number of hydrogen-bond acceptors (Lipinski definition) is 22. The highest BCUT2D eigenvalue weighted by atomic mass is 16.5. The predicted molar refractivity (Wildman–Crippen MR) is 281 cm³/mol. The van der Waals surface area contributed by atoms with Crippen molar-refractivity contribution in [1.82, 2.24) is 19.6 Å². The quantitative estimate of drug-likeness (QED) is 0.0326. The van der Waals surface area contributed by atoms with Gasteiger partial charge in [0.05, 0.1) is 13.7 Å². The van der Waals surface area contributed by atoms with Gasteiger partial charge in [0.1, 0.15) is 34.2 Å². The summed E-state index contributed by atoms with van der Waals surface area (Å²) in [4.78, 5) is 84.6. The smallest absolute Gasteiger partial charge is 0.291 e. The van der Waals surface area contributed by atoms with Crippen molar-refractivity contribution in [2.75, 3.05) is 52.1 Å². The van der Waals surface area contributed by atoms with Gasteiger partial charge in [0.25, 0.3) is 35.4 Å². The van der Waals surface area contributed by atoms with Gasteiger partial charge in [-0.2, -0.15) is 10.2 Å². The van der Waals surface area contributed by atoms with E-state index in [2.05, 4.69) is 10.2 Å². The van der Waals surface area contributed by atoms with E-state index in [1.807, 2.05) is 0 Å². The largest absolute Gasteiger partial charge is 0.505 e. The monoisotopic (exact) mass is 1140 g/mol. The Hall–Kier alpha value is -9.88. The summed E-state index contributed by atoms with van der Waals surface area (Å²) in [6.07, 6.45) is -1.39. The van der Waals surface area contributed by atoms with E-state index in [1.54, 1.807) is 0 Å². The molecule has 2 unspecified atom stereocenters. The van der Waals surface area contributed by atoms with Crippen LogP contribution in [0.25, 0.3) is 11.4 Å². The van der Waals surface area contributed by atoms with E-state index >= 15 is 0 Å². The summed E-state index contributed by atoms with van der Waals surface area (Å²) in [7, 11) is 1.04. The number of nitrogens with two attached hydrogens (primary N) is 3. The maximum Gasteiger partial charge on any atom is 0.291 e. The van der Waals surface area contributed by atoms with E-state index in [9.17, 15) is 84.9 Å². The van der Waals surface area contributed by atoms with Gasteiger partial charge in [-0.05, 0) is 81.6 Å². The molecule has 30 heteroatoms. The molecule has 82 heavy (non-hydrogen) atoms. The third-order valence-electron chi connectivity index (χ3n) is 15.3.